The number of hydrogen-bond acceptors (Lipinski definition) is 3. The van der Waals surface area contributed by atoms with Gasteiger partial charge >= 0.3 is 0 Å². The molecule has 2 heterocycles. The first-order chi connectivity index (χ1) is 12.8. The van der Waals surface area contributed by atoms with Crippen molar-refractivity contribution in [2.75, 3.05) is 24.5 Å². The monoisotopic (exact) mass is 346 g/mol. The van der Waals surface area contributed by atoms with E-state index in [1.54, 1.807) is 0 Å². The van der Waals surface area contributed by atoms with E-state index in [4.69, 9.17) is 0 Å². The molecule has 1 aliphatic rings. The SMILES string of the molecule is C=C(NCCc1ccccc1)n1cnc2ccc(N3CCCCC3)cc21. The lowest BCUT2D eigenvalue weighted by molar-refractivity contribution is 0.578. The molecule has 0 spiro atoms. The first-order valence-electron chi connectivity index (χ1n) is 9.50. The normalized spacial score (nSPS) is 14.5. The summed E-state index contributed by atoms with van der Waals surface area (Å²) in [6.45, 7) is 7.37. The van der Waals surface area contributed by atoms with Crippen LogP contribution < -0.4 is 10.2 Å². The van der Waals surface area contributed by atoms with Crippen LogP contribution >= 0.6 is 0 Å². The summed E-state index contributed by atoms with van der Waals surface area (Å²) in [6, 6.07) is 17.1. The number of piperidine rings is 1. The largest absolute Gasteiger partial charge is 0.371 e. The van der Waals surface area contributed by atoms with Gasteiger partial charge in [0, 0.05) is 25.3 Å². The van der Waals surface area contributed by atoms with Crippen LogP contribution in [0.25, 0.3) is 16.9 Å². The maximum atomic E-state index is 4.54. The zero-order valence-electron chi connectivity index (χ0n) is 15.2. The summed E-state index contributed by atoms with van der Waals surface area (Å²) in [5.41, 5.74) is 4.74. The Morgan fingerprint density at radius 3 is 2.65 bits per heavy atom. The molecule has 0 bridgehead atoms. The molecule has 1 saturated heterocycles. The van der Waals surface area contributed by atoms with E-state index in [-0.39, 0.29) is 0 Å². The van der Waals surface area contributed by atoms with Gasteiger partial charge in [-0.3, -0.25) is 4.57 Å². The Bertz CT molecular complexity index is 876. The van der Waals surface area contributed by atoms with Gasteiger partial charge in [0.1, 0.15) is 12.1 Å². The first kappa shape index (κ1) is 16.7. The van der Waals surface area contributed by atoms with Crippen LogP contribution in [-0.4, -0.2) is 29.2 Å². The van der Waals surface area contributed by atoms with Crippen LogP contribution in [0.15, 0.2) is 61.4 Å². The van der Waals surface area contributed by atoms with Crippen molar-refractivity contribution < 1.29 is 0 Å². The van der Waals surface area contributed by atoms with Crippen molar-refractivity contribution >= 4 is 22.5 Å². The van der Waals surface area contributed by atoms with E-state index in [0.717, 1.165) is 42.9 Å². The Morgan fingerprint density at radius 1 is 1.04 bits per heavy atom. The molecule has 4 nitrogen and oxygen atoms in total. The number of rotatable bonds is 6. The van der Waals surface area contributed by atoms with Crippen molar-refractivity contribution in [3.63, 3.8) is 0 Å². The molecule has 1 fully saturated rings. The molecule has 26 heavy (non-hydrogen) atoms. The molecular formula is C22H26N4. The highest BCUT2D eigenvalue weighted by Crippen LogP contribution is 2.25. The number of nitrogens with one attached hydrogen (secondary N) is 1. The van der Waals surface area contributed by atoms with E-state index >= 15 is 0 Å². The van der Waals surface area contributed by atoms with E-state index < -0.39 is 0 Å². The maximum absolute atomic E-state index is 4.54. The Hall–Kier alpha value is -2.75. The lowest BCUT2D eigenvalue weighted by Gasteiger charge is -2.28. The zero-order valence-corrected chi connectivity index (χ0v) is 15.2. The van der Waals surface area contributed by atoms with Crippen molar-refractivity contribution in [1.82, 2.24) is 14.9 Å². The molecule has 4 rings (SSSR count). The molecule has 0 atom stereocenters. The summed E-state index contributed by atoms with van der Waals surface area (Å²) in [6.07, 6.45) is 6.75. The highest BCUT2D eigenvalue weighted by molar-refractivity contribution is 5.82. The third kappa shape index (κ3) is 3.59. The second kappa shape index (κ2) is 7.65. The maximum Gasteiger partial charge on any atom is 0.104 e. The highest BCUT2D eigenvalue weighted by atomic mass is 15.2. The molecule has 0 aliphatic carbocycles. The Balaban J connectivity index is 1.47. The minimum absolute atomic E-state index is 0.855. The first-order valence-corrected chi connectivity index (χ1v) is 9.50. The molecule has 1 aromatic heterocycles. The third-order valence-electron chi connectivity index (χ3n) is 5.13. The fourth-order valence-electron chi connectivity index (χ4n) is 3.64. The summed E-state index contributed by atoms with van der Waals surface area (Å²) in [7, 11) is 0. The number of imidazole rings is 1. The van der Waals surface area contributed by atoms with Gasteiger partial charge in [0.15, 0.2) is 0 Å². The van der Waals surface area contributed by atoms with Gasteiger partial charge in [-0.25, -0.2) is 4.98 Å². The number of anilines is 1. The van der Waals surface area contributed by atoms with Crippen LogP contribution in [-0.2, 0) is 6.42 Å². The third-order valence-corrected chi connectivity index (χ3v) is 5.13. The lowest BCUT2D eigenvalue weighted by Crippen LogP contribution is -2.29. The molecule has 0 radical (unpaired) electrons. The molecule has 1 aliphatic heterocycles. The number of benzene rings is 2. The summed E-state index contributed by atoms with van der Waals surface area (Å²) in [5.74, 6) is 0.874. The average molecular weight is 346 g/mol. The standard InChI is InChI=1S/C22H26N4/c1-18(23-13-12-19-8-4-2-5-9-19)26-17-24-21-11-10-20(16-22(21)26)25-14-6-3-7-15-25/h2,4-5,8-11,16-17,23H,1,3,6-7,12-15H2. The Morgan fingerprint density at radius 2 is 1.85 bits per heavy atom. The molecule has 0 saturated carbocycles. The van der Waals surface area contributed by atoms with Crippen LogP contribution in [0.3, 0.4) is 0 Å². The second-order valence-electron chi connectivity index (χ2n) is 6.94. The molecule has 0 unspecified atom stereocenters. The Labute approximate surface area is 155 Å². The van der Waals surface area contributed by atoms with Gasteiger partial charge in [-0.1, -0.05) is 36.9 Å². The van der Waals surface area contributed by atoms with E-state index in [1.165, 1.54) is 30.5 Å². The number of aromatic nitrogens is 2. The topological polar surface area (TPSA) is 33.1 Å². The summed E-state index contributed by atoms with van der Waals surface area (Å²) < 4.78 is 2.06. The van der Waals surface area contributed by atoms with Gasteiger partial charge in [-0.05, 0) is 49.4 Å². The smallest absolute Gasteiger partial charge is 0.104 e. The number of fused-ring (bicyclic) bond motifs is 1. The minimum atomic E-state index is 0.855. The number of nitrogens with zero attached hydrogens (tertiary/aromatic N) is 3. The fourth-order valence-corrected chi connectivity index (χ4v) is 3.64. The molecule has 2 aromatic carbocycles. The summed E-state index contributed by atoms with van der Waals surface area (Å²) in [5, 5.41) is 3.44. The quantitative estimate of drug-likeness (QED) is 0.723. The highest BCUT2D eigenvalue weighted by Gasteiger charge is 2.13. The number of hydrogen-bond donors (Lipinski definition) is 1. The summed E-state index contributed by atoms with van der Waals surface area (Å²) >= 11 is 0. The van der Waals surface area contributed by atoms with Crippen molar-refractivity contribution in [1.29, 1.82) is 0 Å². The minimum Gasteiger partial charge on any atom is -0.371 e. The molecular weight excluding hydrogens is 320 g/mol. The zero-order chi connectivity index (χ0) is 17.8. The molecule has 134 valence electrons. The van der Waals surface area contributed by atoms with Gasteiger partial charge < -0.3 is 10.2 Å². The van der Waals surface area contributed by atoms with Crippen LogP contribution in [0.4, 0.5) is 5.69 Å². The van der Waals surface area contributed by atoms with Gasteiger partial charge in [-0.2, -0.15) is 0 Å². The fraction of sp³-hybridized carbons (Fsp3) is 0.318. The van der Waals surface area contributed by atoms with E-state index in [1.807, 2.05) is 12.4 Å². The van der Waals surface area contributed by atoms with Crippen molar-refractivity contribution in [2.24, 2.45) is 0 Å². The van der Waals surface area contributed by atoms with E-state index in [0.29, 0.717) is 0 Å². The van der Waals surface area contributed by atoms with Crippen LogP contribution in [0.2, 0.25) is 0 Å². The van der Waals surface area contributed by atoms with E-state index in [9.17, 15) is 0 Å². The van der Waals surface area contributed by atoms with Crippen LogP contribution in [0, 0.1) is 0 Å². The van der Waals surface area contributed by atoms with Gasteiger partial charge in [0.05, 0.1) is 11.0 Å². The van der Waals surface area contributed by atoms with E-state index in [2.05, 4.69) is 68.8 Å². The molecule has 1 N–H and O–H groups in total. The van der Waals surface area contributed by atoms with Gasteiger partial charge in [0.25, 0.3) is 0 Å². The van der Waals surface area contributed by atoms with Crippen LogP contribution in [0.5, 0.6) is 0 Å². The molecule has 0 amide bonds. The molecule has 4 heteroatoms. The average Bonchev–Trinajstić information content (AvgIpc) is 3.13. The Kier molecular flexibility index (Phi) is 4.91. The van der Waals surface area contributed by atoms with Crippen molar-refractivity contribution in [3.05, 3.63) is 67.0 Å². The van der Waals surface area contributed by atoms with Crippen LogP contribution in [0.1, 0.15) is 24.8 Å². The predicted octanol–water partition coefficient (Wildman–Crippen LogP) is 4.29. The van der Waals surface area contributed by atoms with Gasteiger partial charge in [-0.15, -0.1) is 0 Å². The van der Waals surface area contributed by atoms with Gasteiger partial charge in [0.2, 0.25) is 0 Å². The predicted molar refractivity (Wildman–Crippen MR) is 109 cm³/mol. The van der Waals surface area contributed by atoms with Crippen molar-refractivity contribution in [2.45, 2.75) is 25.7 Å². The molecule has 3 aromatic rings. The summed E-state index contributed by atoms with van der Waals surface area (Å²) in [4.78, 5) is 7.01. The lowest BCUT2D eigenvalue weighted by atomic mass is 10.1. The van der Waals surface area contributed by atoms with Crippen molar-refractivity contribution in [3.8, 4) is 0 Å². The second-order valence-corrected chi connectivity index (χ2v) is 6.94.